The summed E-state index contributed by atoms with van der Waals surface area (Å²) >= 11 is 0. The lowest BCUT2D eigenvalue weighted by Gasteiger charge is -2.33. The summed E-state index contributed by atoms with van der Waals surface area (Å²) < 4.78 is 4.65. The fourth-order valence-electron chi connectivity index (χ4n) is 3.58. The highest BCUT2D eigenvalue weighted by Crippen LogP contribution is 2.37. The van der Waals surface area contributed by atoms with Crippen LogP contribution >= 0.6 is 0 Å². The predicted octanol–water partition coefficient (Wildman–Crippen LogP) is 2.65. The Morgan fingerprint density at radius 3 is 2.63 bits per heavy atom. The van der Waals surface area contributed by atoms with Gasteiger partial charge in [0.15, 0.2) is 0 Å². The molecule has 2 heterocycles. The number of nitrogens with one attached hydrogen (secondary N) is 2. The number of hydrogen-bond acceptors (Lipinski definition) is 5. The van der Waals surface area contributed by atoms with Crippen molar-refractivity contribution in [1.82, 2.24) is 0 Å². The molecule has 4 rings (SSSR count). The van der Waals surface area contributed by atoms with Crippen LogP contribution in [0.25, 0.3) is 0 Å². The standard InChI is InChI=1S/C20H19N3O4/c1-27-20(26)12-4-7-14(8-5-12)21-18(24)13-6-9-16-15(11-13)22-19(25)17-3-2-10-23(16)17/h4-9,11,17H,2-3,10H2,1H3,(H,21,24)(H,22,25)/t17-/m1/s1. The van der Waals surface area contributed by atoms with E-state index in [1.54, 1.807) is 36.4 Å². The highest BCUT2D eigenvalue weighted by Gasteiger charge is 2.36. The molecule has 7 heteroatoms. The van der Waals surface area contributed by atoms with Crippen LogP contribution in [0.1, 0.15) is 33.6 Å². The molecule has 0 bridgehead atoms. The summed E-state index contributed by atoms with van der Waals surface area (Å²) in [5.41, 5.74) is 3.04. The maximum absolute atomic E-state index is 12.6. The van der Waals surface area contributed by atoms with E-state index in [4.69, 9.17) is 0 Å². The topological polar surface area (TPSA) is 87.7 Å². The molecule has 2 aliphatic heterocycles. The van der Waals surface area contributed by atoms with Gasteiger partial charge < -0.3 is 20.3 Å². The Balaban J connectivity index is 1.52. The summed E-state index contributed by atoms with van der Waals surface area (Å²) in [5, 5.41) is 5.69. The van der Waals surface area contributed by atoms with Gasteiger partial charge in [-0.3, -0.25) is 9.59 Å². The molecule has 2 aliphatic rings. The SMILES string of the molecule is COC(=O)c1ccc(NC(=O)c2ccc3c(c2)NC(=O)[C@H]2CCCN32)cc1. The molecule has 1 atom stereocenters. The number of ether oxygens (including phenoxy) is 1. The molecule has 0 aromatic heterocycles. The maximum Gasteiger partial charge on any atom is 0.337 e. The number of fused-ring (bicyclic) bond motifs is 3. The number of nitrogens with zero attached hydrogens (tertiary/aromatic N) is 1. The van der Waals surface area contributed by atoms with Crippen LogP contribution in [0.3, 0.4) is 0 Å². The third-order valence-electron chi connectivity index (χ3n) is 4.95. The lowest BCUT2D eigenvalue weighted by Crippen LogP contribution is -2.43. The fraction of sp³-hybridized carbons (Fsp3) is 0.250. The molecule has 7 nitrogen and oxygen atoms in total. The highest BCUT2D eigenvalue weighted by atomic mass is 16.5. The summed E-state index contributed by atoms with van der Waals surface area (Å²) in [6.07, 6.45) is 1.84. The second-order valence-corrected chi connectivity index (χ2v) is 6.60. The number of esters is 1. The summed E-state index contributed by atoms with van der Waals surface area (Å²) in [6.45, 7) is 0.850. The van der Waals surface area contributed by atoms with Crippen LogP contribution in [0.15, 0.2) is 42.5 Å². The number of benzene rings is 2. The molecule has 0 radical (unpaired) electrons. The molecule has 27 heavy (non-hydrogen) atoms. The van der Waals surface area contributed by atoms with E-state index >= 15 is 0 Å². The van der Waals surface area contributed by atoms with E-state index in [0.29, 0.717) is 22.5 Å². The van der Waals surface area contributed by atoms with E-state index in [1.165, 1.54) is 7.11 Å². The van der Waals surface area contributed by atoms with Crippen molar-refractivity contribution >= 4 is 34.8 Å². The van der Waals surface area contributed by atoms with Gasteiger partial charge in [0.1, 0.15) is 6.04 Å². The number of anilines is 3. The fourth-order valence-corrected chi connectivity index (χ4v) is 3.58. The Morgan fingerprint density at radius 2 is 1.89 bits per heavy atom. The highest BCUT2D eigenvalue weighted by molar-refractivity contribution is 6.09. The van der Waals surface area contributed by atoms with Crippen molar-refractivity contribution in [1.29, 1.82) is 0 Å². The van der Waals surface area contributed by atoms with E-state index in [1.807, 2.05) is 6.07 Å². The lowest BCUT2D eigenvalue weighted by atomic mass is 10.1. The first kappa shape index (κ1) is 17.1. The first-order chi connectivity index (χ1) is 13.1. The number of hydrogen-bond donors (Lipinski definition) is 2. The molecule has 2 aromatic rings. The molecule has 1 fully saturated rings. The quantitative estimate of drug-likeness (QED) is 0.817. The molecule has 138 valence electrons. The molecule has 2 amide bonds. The Hall–Kier alpha value is -3.35. The van der Waals surface area contributed by atoms with E-state index in [0.717, 1.165) is 25.1 Å². The number of methoxy groups -OCH3 is 1. The van der Waals surface area contributed by atoms with Crippen LogP contribution in [-0.2, 0) is 9.53 Å². The third kappa shape index (κ3) is 3.12. The van der Waals surface area contributed by atoms with Gasteiger partial charge in [-0.2, -0.15) is 0 Å². The Bertz CT molecular complexity index is 923. The summed E-state index contributed by atoms with van der Waals surface area (Å²) in [7, 11) is 1.32. The zero-order valence-electron chi connectivity index (χ0n) is 14.8. The van der Waals surface area contributed by atoms with Gasteiger partial charge in [-0.05, 0) is 55.3 Å². The van der Waals surface area contributed by atoms with Gasteiger partial charge >= 0.3 is 5.97 Å². The molecule has 0 aliphatic carbocycles. The zero-order valence-corrected chi connectivity index (χ0v) is 14.8. The van der Waals surface area contributed by atoms with Gasteiger partial charge in [0.2, 0.25) is 5.91 Å². The van der Waals surface area contributed by atoms with E-state index < -0.39 is 5.97 Å². The zero-order chi connectivity index (χ0) is 19.0. The normalized spacial score (nSPS) is 17.6. The van der Waals surface area contributed by atoms with Crippen LogP contribution in [0, 0.1) is 0 Å². The predicted molar refractivity (Wildman–Crippen MR) is 101 cm³/mol. The van der Waals surface area contributed by atoms with Gasteiger partial charge in [0, 0.05) is 17.8 Å². The van der Waals surface area contributed by atoms with Crippen molar-refractivity contribution in [3.05, 3.63) is 53.6 Å². The number of rotatable bonds is 3. The minimum absolute atomic E-state index is 0.0176. The number of amides is 2. The first-order valence-electron chi connectivity index (χ1n) is 8.78. The van der Waals surface area contributed by atoms with Crippen molar-refractivity contribution in [2.45, 2.75) is 18.9 Å². The molecule has 1 saturated heterocycles. The Morgan fingerprint density at radius 1 is 1.15 bits per heavy atom. The summed E-state index contributed by atoms with van der Waals surface area (Å²) in [4.78, 5) is 38.3. The molecular weight excluding hydrogens is 346 g/mol. The van der Waals surface area contributed by atoms with Crippen molar-refractivity contribution in [3.8, 4) is 0 Å². The summed E-state index contributed by atoms with van der Waals surface area (Å²) in [5.74, 6) is -0.740. The van der Waals surface area contributed by atoms with Gasteiger partial charge in [-0.1, -0.05) is 0 Å². The second-order valence-electron chi connectivity index (χ2n) is 6.60. The maximum atomic E-state index is 12.6. The molecule has 0 spiro atoms. The van der Waals surface area contributed by atoms with Crippen LogP contribution in [0.4, 0.5) is 17.1 Å². The summed E-state index contributed by atoms with van der Waals surface area (Å²) in [6, 6.07) is 11.7. The van der Waals surface area contributed by atoms with Gasteiger partial charge in [0.05, 0.1) is 24.0 Å². The van der Waals surface area contributed by atoms with Crippen LogP contribution in [-0.4, -0.2) is 37.5 Å². The lowest BCUT2D eigenvalue weighted by molar-refractivity contribution is -0.117. The monoisotopic (exact) mass is 365 g/mol. The van der Waals surface area contributed by atoms with Gasteiger partial charge in [-0.15, -0.1) is 0 Å². The number of carbonyl (C=O) groups excluding carboxylic acids is 3. The van der Waals surface area contributed by atoms with E-state index in [-0.39, 0.29) is 17.9 Å². The second kappa shape index (κ2) is 6.75. The molecule has 2 aromatic carbocycles. The molecular formula is C20H19N3O4. The van der Waals surface area contributed by atoms with Crippen molar-refractivity contribution in [3.63, 3.8) is 0 Å². The van der Waals surface area contributed by atoms with Gasteiger partial charge in [-0.25, -0.2) is 4.79 Å². The smallest absolute Gasteiger partial charge is 0.337 e. The third-order valence-corrected chi connectivity index (χ3v) is 4.95. The van der Waals surface area contributed by atoms with Gasteiger partial charge in [0.25, 0.3) is 5.91 Å². The van der Waals surface area contributed by atoms with Crippen LogP contribution < -0.4 is 15.5 Å². The van der Waals surface area contributed by atoms with Crippen molar-refractivity contribution in [2.24, 2.45) is 0 Å². The minimum atomic E-state index is -0.432. The first-order valence-corrected chi connectivity index (χ1v) is 8.78. The number of carbonyl (C=O) groups is 3. The van der Waals surface area contributed by atoms with Crippen LogP contribution in [0.2, 0.25) is 0 Å². The van der Waals surface area contributed by atoms with E-state index in [2.05, 4.69) is 20.3 Å². The van der Waals surface area contributed by atoms with E-state index in [9.17, 15) is 14.4 Å². The molecule has 0 unspecified atom stereocenters. The Labute approximate surface area is 156 Å². The molecule has 0 saturated carbocycles. The minimum Gasteiger partial charge on any atom is -0.465 e. The van der Waals surface area contributed by atoms with Crippen molar-refractivity contribution in [2.75, 3.05) is 29.2 Å². The molecule has 2 N–H and O–H groups in total. The largest absolute Gasteiger partial charge is 0.465 e. The average Bonchev–Trinajstić information content (AvgIpc) is 3.18. The van der Waals surface area contributed by atoms with Crippen molar-refractivity contribution < 1.29 is 19.1 Å². The Kier molecular flexibility index (Phi) is 4.27. The van der Waals surface area contributed by atoms with Crippen LogP contribution in [0.5, 0.6) is 0 Å². The average molecular weight is 365 g/mol.